The number of hydrogen-bond acceptors (Lipinski definition) is 2. The Hall–Kier alpha value is -1.38. The molecule has 0 atom stereocenters. The molecule has 0 bridgehead atoms. The molecule has 3 heteroatoms. The van der Waals surface area contributed by atoms with Crippen LogP contribution in [0.2, 0.25) is 0 Å². The number of carbonyl (C=O) groups excluding carboxylic acids is 1. The highest BCUT2D eigenvalue weighted by Crippen LogP contribution is 2.11. The summed E-state index contributed by atoms with van der Waals surface area (Å²) in [7, 11) is 0. The molecule has 1 aromatic rings. The van der Waals surface area contributed by atoms with E-state index < -0.39 is 0 Å². The number of rotatable bonds is 0. The van der Waals surface area contributed by atoms with Gasteiger partial charge in [0.05, 0.1) is 18.7 Å². The van der Waals surface area contributed by atoms with Crippen molar-refractivity contribution in [2.45, 2.75) is 19.9 Å². The van der Waals surface area contributed by atoms with Crippen molar-refractivity contribution < 1.29 is 4.79 Å². The number of fused-ring (bicyclic) bond motifs is 1. The third-order valence-electron chi connectivity index (χ3n) is 2.01. The van der Waals surface area contributed by atoms with E-state index in [1.54, 1.807) is 0 Å². The quantitative estimate of drug-likeness (QED) is 0.605. The Morgan fingerprint density at radius 3 is 3.17 bits per heavy atom. The third-order valence-corrected chi connectivity index (χ3v) is 2.01. The van der Waals surface area contributed by atoms with Crippen molar-refractivity contribution >= 4 is 5.91 Å². The van der Waals surface area contributed by atoms with Crippen molar-refractivity contribution in [1.29, 1.82) is 0 Å². The second-order valence-corrected chi connectivity index (χ2v) is 3.01. The predicted molar refractivity (Wildman–Crippen MR) is 44.5 cm³/mol. The molecule has 62 valence electrons. The molecule has 1 aliphatic rings. The van der Waals surface area contributed by atoms with E-state index in [-0.39, 0.29) is 5.91 Å². The molecular formula is C9H10N2O. The minimum absolute atomic E-state index is 0.0909. The van der Waals surface area contributed by atoms with Gasteiger partial charge in [-0.1, -0.05) is 6.07 Å². The number of aryl methyl sites for hydroxylation is 1. The number of aromatic nitrogens is 1. The molecule has 1 aliphatic heterocycles. The van der Waals surface area contributed by atoms with Gasteiger partial charge in [-0.05, 0) is 18.6 Å². The molecule has 3 nitrogen and oxygen atoms in total. The summed E-state index contributed by atoms with van der Waals surface area (Å²) in [5, 5.41) is 2.76. The van der Waals surface area contributed by atoms with E-state index in [2.05, 4.69) is 10.3 Å². The first kappa shape index (κ1) is 7.28. The van der Waals surface area contributed by atoms with Gasteiger partial charge in [-0.3, -0.25) is 9.78 Å². The average Bonchev–Trinajstić information content (AvgIpc) is 2.05. The van der Waals surface area contributed by atoms with Gasteiger partial charge in [-0.2, -0.15) is 0 Å². The van der Waals surface area contributed by atoms with E-state index in [1.165, 1.54) is 0 Å². The summed E-state index contributed by atoms with van der Waals surface area (Å²) < 4.78 is 0. The lowest BCUT2D eigenvalue weighted by Crippen LogP contribution is -2.31. The van der Waals surface area contributed by atoms with Gasteiger partial charge in [0.1, 0.15) is 0 Å². The molecule has 0 fully saturated rings. The van der Waals surface area contributed by atoms with Gasteiger partial charge in [0.2, 0.25) is 5.91 Å². The van der Waals surface area contributed by atoms with E-state index in [0.717, 1.165) is 17.0 Å². The molecule has 0 aromatic carbocycles. The standard InChI is InChI=1S/C9H10N2O/c1-6-2-3-7-4-9(12)10-5-8(7)11-6/h2-3H,4-5H2,1H3,(H,10,12). The van der Waals surface area contributed by atoms with Gasteiger partial charge in [0.25, 0.3) is 0 Å². The van der Waals surface area contributed by atoms with E-state index in [1.807, 2.05) is 19.1 Å². The van der Waals surface area contributed by atoms with Crippen LogP contribution in [0.25, 0.3) is 0 Å². The second kappa shape index (κ2) is 2.59. The normalized spacial score (nSPS) is 15.2. The van der Waals surface area contributed by atoms with Crippen molar-refractivity contribution in [3.8, 4) is 0 Å². The van der Waals surface area contributed by atoms with Gasteiger partial charge in [-0.25, -0.2) is 0 Å². The van der Waals surface area contributed by atoms with Gasteiger partial charge < -0.3 is 5.32 Å². The molecule has 0 radical (unpaired) electrons. The molecule has 1 amide bonds. The molecule has 12 heavy (non-hydrogen) atoms. The Kier molecular flexibility index (Phi) is 1.57. The second-order valence-electron chi connectivity index (χ2n) is 3.01. The van der Waals surface area contributed by atoms with E-state index in [9.17, 15) is 4.79 Å². The summed E-state index contributed by atoms with van der Waals surface area (Å²) in [6, 6.07) is 3.92. The topological polar surface area (TPSA) is 42.0 Å². The molecule has 2 heterocycles. The fourth-order valence-corrected chi connectivity index (χ4v) is 1.37. The number of hydrogen-bond donors (Lipinski definition) is 1. The maximum absolute atomic E-state index is 11.0. The fourth-order valence-electron chi connectivity index (χ4n) is 1.37. The summed E-state index contributed by atoms with van der Waals surface area (Å²) >= 11 is 0. The monoisotopic (exact) mass is 162 g/mol. The number of amides is 1. The molecule has 1 aromatic heterocycles. The predicted octanol–water partition coefficient (Wildman–Crippen LogP) is 0.562. The van der Waals surface area contributed by atoms with Gasteiger partial charge >= 0.3 is 0 Å². The summed E-state index contributed by atoms with van der Waals surface area (Å²) in [6.45, 7) is 2.53. The SMILES string of the molecule is Cc1ccc2c(n1)CNC(=O)C2. The van der Waals surface area contributed by atoms with Crippen LogP contribution < -0.4 is 5.32 Å². The Labute approximate surface area is 70.8 Å². The molecule has 0 saturated carbocycles. The highest BCUT2D eigenvalue weighted by molar-refractivity contribution is 5.80. The minimum atomic E-state index is 0.0909. The molecule has 0 aliphatic carbocycles. The van der Waals surface area contributed by atoms with Gasteiger partial charge in [-0.15, -0.1) is 0 Å². The Balaban J connectivity index is 2.43. The number of pyridine rings is 1. The Bertz CT molecular complexity index is 333. The average molecular weight is 162 g/mol. The lowest BCUT2D eigenvalue weighted by Gasteiger charge is -2.15. The Morgan fingerprint density at radius 2 is 2.33 bits per heavy atom. The molecule has 2 rings (SSSR count). The number of carbonyl (C=O) groups is 1. The zero-order valence-electron chi connectivity index (χ0n) is 6.92. The van der Waals surface area contributed by atoms with Gasteiger partial charge in [0, 0.05) is 5.69 Å². The van der Waals surface area contributed by atoms with Crippen LogP contribution >= 0.6 is 0 Å². The van der Waals surface area contributed by atoms with Crippen molar-refractivity contribution in [2.75, 3.05) is 0 Å². The maximum Gasteiger partial charge on any atom is 0.224 e. The molecule has 0 saturated heterocycles. The summed E-state index contributed by atoms with van der Waals surface area (Å²) in [5.74, 6) is 0.0909. The van der Waals surface area contributed by atoms with E-state index in [4.69, 9.17) is 0 Å². The van der Waals surface area contributed by atoms with Crippen LogP contribution in [0.5, 0.6) is 0 Å². The van der Waals surface area contributed by atoms with E-state index in [0.29, 0.717) is 13.0 Å². The lowest BCUT2D eigenvalue weighted by atomic mass is 10.1. The maximum atomic E-state index is 11.0. The largest absolute Gasteiger partial charge is 0.350 e. The molecule has 1 N–H and O–H groups in total. The van der Waals surface area contributed by atoms with Crippen molar-refractivity contribution in [2.24, 2.45) is 0 Å². The summed E-state index contributed by atoms with van der Waals surface area (Å²) in [5.41, 5.74) is 3.07. The third kappa shape index (κ3) is 1.18. The van der Waals surface area contributed by atoms with Crippen LogP contribution in [-0.2, 0) is 17.8 Å². The zero-order valence-corrected chi connectivity index (χ0v) is 6.92. The van der Waals surface area contributed by atoms with Crippen LogP contribution in [0.4, 0.5) is 0 Å². The number of nitrogens with zero attached hydrogens (tertiary/aromatic N) is 1. The van der Waals surface area contributed by atoms with Crippen LogP contribution in [0.1, 0.15) is 17.0 Å². The summed E-state index contributed by atoms with van der Waals surface area (Å²) in [4.78, 5) is 15.3. The van der Waals surface area contributed by atoms with E-state index >= 15 is 0 Å². The minimum Gasteiger partial charge on any atom is -0.350 e. The highest BCUT2D eigenvalue weighted by Gasteiger charge is 2.14. The van der Waals surface area contributed by atoms with Crippen LogP contribution in [0.15, 0.2) is 12.1 Å². The first-order valence-corrected chi connectivity index (χ1v) is 3.98. The molecule has 0 spiro atoms. The van der Waals surface area contributed by atoms with Crippen molar-refractivity contribution in [1.82, 2.24) is 10.3 Å². The Morgan fingerprint density at radius 1 is 1.50 bits per heavy atom. The van der Waals surface area contributed by atoms with Crippen LogP contribution in [-0.4, -0.2) is 10.9 Å². The van der Waals surface area contributed by atoms with Gasteiger partial charge in [0.15, 0.2) is 0 Å². The zero-order chi connectivity index (χ0) is 8.55. The van der Waals surface area contributed by atoms with Crippen molar-refractivity contribution in [3.63, 3.8) is 0 Å². The van der Waals surface area contributed by atoms with Crippen LogP contribution in [0.3, 0.4) is 0 Å². The van der Waals surface area contributed by atoms with Crippen LogP contribution in [0, 0.1) is 6.92 Å². The lowest BCUT2D eigenvalue weighted by molar-refractivity contribution is -0.121. The first-order valence-electron chi connectivity index (χ1n) is 3.98. The highest BCUT2D eigenvalue weighted by atomic mass is 16.1. The molecular weight excluding hydrogens is 152 g/mol. The first-order chi connectivity index (χ1) is 5.75. The van der Waals surface area contributed by atoms with Crippen molar-refractivity contribution in [3.05, 3.63) is 29.1 Å². The fraction of sp³-hybridized carbons (Fsp3) is 0.333. The number of nitrogens with one attached hydrogen (secondary N) is 1. The molecule has 0 unspecified atom stereocenters. The summed E-state index contributed by atoms with van der Waals surface area (Å²) in [6.07, 6.45) is 0.475. The smallest absolute Gasteiger partial charge is 0.224 e.